The summed E-state index contributed by atoms with van der Waals surface area (Å²) in [6, 6.07) is 7.44. The van der Waals surface area contributed by atoms with Crippen LogP contribution in [0.5, 0.6) is 5.75 Å². The standard InChI is InChI=1S/C13H14N2O4/c1-19-10-4-2-3-9(7-10)5-6-15-11(12(16)17)8-14-13(15)18/h2-4,7-8H,5-6H2,1H3,(H,14,18)(H,16,17). The molecule has 100 valence electrons. The lowest BCUT2D eigenvalue weighted by Gasteiger charge is -2.06. The maximum atomic E-state index is 11.5. The normalized spacial score (nSPS) is 10.4. The van der Waals surface area contributed by atoms with Gasteiger partial charge in [0.15, 0.2) is 0 Å². The Kier molecular flexibility index (Phi) is 3.70. The summed E-state index contributed by atoms with van der Waals surface area (Å²) >= 11 is 0. The van der Waals surface area contributed by atoms with E-state index in [1.165, 1.54) is 10.8 Å². The highest BCUT2D eigenvalue weighted by atomic mass is 16.5. The first kappa shape index (κ1) is 12.9. The Bertz CT molecular complexity index is 642. The van der Waals surface area contributed by atoms with Crippen LogP contribution in [0.3, 0.4) is 0 Å². The zero-order valence-electron chi connectivity index (χ0n) is 10.4. The maximum Gasteiger partial charge on any atom is 0.354 e. The van der Waals surface area contributed by atoms with Gasteiger partial charge in [0.25, 0.3) is 0 Å². The molecule has 0 saturated carbocycles. The first-order chi connectivity index (χ1) is 9.11. The number of aromatic nitrogens is 2. The number of carboxylic acid groups (broad SMARTS) is 1. The van der Waals surface area contributed by atoms with E-state index in [0.717, 1.165) is 11.3 Å². The molecule has 0 fully saturated rings. The monoisotopic (exact) mass is 262 g/mol. The number of rotatable bonds is 5. The molecule has 0 aliphatic carbocycles. The van der Waals surface area contributed by atoms with E-state index in [9.17, 15) is 9.59 Å². The van der Waals surface area contributed by atoms with Crippen molar-refractivity contribution in [1.29, 1.82) is 0 Å². The highest BCUT2D eigenvalue weighted by molar-refractivity contribution is 5.85. The van der Waals surface area contributed by atoms with Crippen molar-refractivity contribution in [2.45, 2.75) is 13.0 Å². The van der Waals surface area contributed by atoms with E-state index in [1.54, 1.807) is 7.11 Å². The molecule has 1 heterocycles. The molecule has 0 amide bonds. The molecule has 19 heavy (non-hydrogen) atoms. The summed E-state index contributed by atoms with van der Waals surface area (Å²) in [5.41, 5.74) is 0.525. The van der Waals surface area contributed by atoms with E-state index in [0.29, 0.717) is 13.0 Å². The molecule has 6 nitrogen and oxygen atoms in total. The van der Waals surface area contributed by atoms with Crippen molar-refractivity contribution < 1.29 is 14.6 Å². The lowest BCUT2D eigenvalue weighted by atomic mass is 10.1. The second-order valence-corrected chi connectivity index (χ2v) is 4.04. The van der Waals surface area contributed by atoms with Gasteiger partial charge in [-0.25, -0.2) is 9.59 Å². The van der Waals surface area contributed by atoms with Crippen molar-refractivity contribution in [3.8, 4) is 5.75 Å². The number of ether oxygens (including phenoxy) is 1. The average molecular weight is 262 g/mol. The predicted molar refractivity (Wildman–Crippen MR) is 68.7 cm³/mol. The molecule has 0 radical (unpaired) electrons. The minimum absolute atomic E-state index is 0.0344. The van der Waals surface area contributed by atoms with Crippen molar-refractivity contribution in [1.82, 2.24) is 9.55 Å². The number of aromatic amines is 1. The molecular formula is C13H14N2O4. The van der Waals surface area contributed by atoms with Crippen molar-refractivity contribution >= 4 is 5.97 Å². The topological polar surface area (TPSA) is 84.3 Å². The molecule has 0 aliphatic rings. The number of aryl methyl sites for hydroxylation is 1. The first-order valence-corrected chi connectivity index (χ1v) is 5.76. The van der Waals surface area contributed by atoms with Crippen LogP contribution in [0.25, 0.3) is 0 Å². The quantitative estimate of drug-likeness (QED) is 0.845. The molecule has 2 rings (SSSR count). The number of carboxylic acids is 1. The molecule has 0 spiro atoms. The second-order valence-electron chi connectivity index (χ2n) is 4.04. The van der Waals surface area contributed by atoms with E-state index < -0.39 is 11.7 Å². The van der Waals surface area contributed by atoms with E-state index in [-0.39, 0.29) is 5.69 Å². The molecule has 2 N–H and O–H groups in total. The highest BCUT2D eigenvalue weighted by Crippen LogP contribution is 2.13. The van der Waals surface area contributed by atoms with Crippen LogP contribution in [0.1, 0.15) is 16.1 Å². The van der Waals surface area contributed by atoms with Gasteiger partial charge in [-0.05, 0) is 24.1 Å². The van der Waals surface area contributed by atoms with Gasteiger partial charge in [-0.15, -0.1) is 0 Å². The van der Waals surface area contributed by atoms with Crippen LogP contribution in [0.4, 0.5) is 0 Å². The predicted octanol–water partition coefficient (Wildman–Crippen LogP) is 1.13. The van der Waals surface area contributed by atoms with Gasteiger partial charge in [0.1, 0.15) is 11.4 Å². The minimum Gasteiger partial charge on any atom is -0.497 e. The number of nitrogens with zero attached hydrogens (tertiary/aromatic N) is 1. The van der Waals surface area contributed by atoms with Crippen molar-refractivity contribution in [2.75, 3.05) is 7.11 Å². The third-order valence-corrected chi connectivity index (χ3v) is 2.85. The third-order valence-electron chi connectivity index (χ3n) is 2.85. The summed E-state index contributed by atoms with van der Waals surface area (Å²) in [5, 5.41) is 8.96. The molecular weight excluding hydrogens is 248 g/mol. The van der Waals surface area contributed by atoms with E-state index in [1.807, 2.05) is 24.3 Å². The van der Waals surface area contributed by atoms with Gasteiger partial charge in [0.05, 0.1) is 7.11 Å². The molecule has 1 aromatic heterocycles. The molecule has 0 bridgehead atoms. The molecule has 1 aromatic carbocycles. The van der Waals surface area contributed by atoms with Gasteiger partial charge in [-0.3, -0.25) is 4.57 Å². The minimum atomic E-state index is -1.12. The van der Waals surface area contributed by atoms with Gasteiger partial charge in [-0.1, -0.05) is 12.1 Å². The molecule has 0 aliphatic heterocycles. The fraction of sp³-hybridized carbons (Fsp3) is 0.231. The van der Waals surface area contributed by atoms with Gasteiger partial charge >= 0.3 is 11.7 Å². The second kappa shape index (κ2) is 5.43. The lowest BCUT2D eigenvalue weighted by molar-refractivity contribution is 0.0684. The Balaban J connectivity index is 2.16. The first-order valence-electron chi connectivity index (χ1n) is 5.76. The molecule has 2 aromatic rings. The zero-order chi connectivity index (χ0) is 13.8. The summed E-state index contributed by atoms with van der Waals surface area (Å²) < 4.78 is 6.32. The Hall–Kier alpha value is -2.50. The Morgan fingerprint density at radius 1 is 1.47 bits per heavy atom. The van der Waals surface area contributed by atoms with E-state index in [4.69, 9.17) is 9.84 Å². The Morgan fingerprint density at radius 2 is 2.26 bits per heavy atom. The largest absolute Gasteiger partial charge is 0.497 e. The summed E-state index contributed by atoms with van der Waals surface area (Å²) in [4.78, 5) is 24.8. The zero-order valence-corrected chi connectivity index (χ0v) is 10.4. The van der Waals surface area contributed by atoms with Gasteiger partial charge in [-0.2, -0.15) is 0 Å². The smallest absolute Gasteiger partial charge is 0.354 e. The summed E-state index contributed by atoms with van der Waals surface area (Å²) in [6.45, 7) is 0.303. The summed E-state index contributed by atoms with van der Waals surface area (Å²) in [6.07, 6.45) is 1.76. The van der Waals surface area contributed by atoms with Crippen LogP contribution in [0.15, 0.2) is 35.3 Å². The number of carbonyl (C=O) groups is 1. The summed E-state index contributed by atoms with van der Waals surface area (Å²) in [5.74, 6) is -0.388. The number of aromatic carboxylic acids is 1. The van der Waals surface area contributed by atoms with Crippen LogP contribution >= 0.6 is 0 Å². The Labute approximate surface area is 109 Å². The maximum absolute atomic E-state index is 11.5. The van der Waals surface area contributed by atoms with E-state index in [2.05, 4.69) is 4.98 Å². The Morgan fingerprint density at radius 3 is 2.95 bits per heavy atom. The van der Waals surface area contributed by atoms with Crippen molar-refractivity contribution in [2.24, 2.45) is 0 Å². The number of imidazole rings is 1. The number of H-pyrrole nitrogens is 1. The van der Waals surface area contributed by atoms with Crippen LogP contribution < -0.4 is 10.4 Å². The summed E-state index contributed by atoms with van der Waals surface area (Å²) in [7, 11) is 1.58. The van der Waals surface area contributed by atoms with Gasteiger partial charge in [0.2, 0.25) is 0 Å². The lowest BCUT2D eigenvalue weighted by Crippen LogP contribution is -2.22. The molecule has 6 heteroatoms. The van der Waals surface area contributed by atoms with Crippen molar-refractivity contribution in [3.63, 3.8) is 0 Å². The number of hydrogen-bond acceptors (Lipinski definition) is 3. The van der Waals surface area contributed by atoms with Gasteiger partial charge in [0, 0.05) is 12.7 Å². The number of hydrogen-bond donors (Lipinski definition) is 2. The molecule has 0 saturated heterocycles. The SMILES string of the molecule is COc1cccc(CCn2c(C(=O)O)c[nH]c2=O)c1. The molecule has 0 unspecified atom stereocenters. The number of benzene rings is 1. The highest BCUT2D eigenvalue weighted by Gasteiger charge is 2.12. The average Bonchev–Trinajstić information content (AvgIpc) is 2.78. The van der Waals surface area contributed by atoms with Crippen LogP contribution in [0, 0.1) is 0 Å². The molecule has 0 atom stereocenters. The third kappa shape index (κ3) is 2.85. The van der Waals surface area contributed by atoms with E-state index >= 15 is 0 Å². The van der Waals surface area contributed by atoms with Crippen LogP contribution in [0.2, 0.25) is 0 Å². The van der Waals surface area contributed by atoms with Gasteiger partial charge < -0.3 is 14.8 Å². The fourth-order valence-corrected chi connectivity index (χ4v) is 1.86. The van der Waals surface area contributed by atoms with Crippen LogP contribution in [-0.4, -0.2) is 27.7 Å². The number of methoxy groups -OCH3 is 1. The van der Waals surface area contributed by atoms with Crippen LogP contribution in [-0.2, 0) is 13.0 Å². The fourth-order valence-electron chi connectivity index (χ4n) is 1.86. The number of nitrogens with one attached hydrogen (secondary N) is 1. The van der Waals surface area contributed by atoms with Crippen molar-refractivity contribution in [3.05, 3.63) is 52.2 Å².